The van der Waals surface area contributed by atoms with Crippen molar-refractivity contribution in [2.45, 2.75) is 38.4 Å². The average molecular weight is 614 g/mol. The topological polar surface area (TPSA) is 209 Å². The van der Waals surface area contributed by atoms with Gasteiger partial charge in [0.1, 0.15) is 18.3 Å². The number of hydrogen-bond acceptors (Lipinski definition) is 10. The highest BCUT2D eigenvalue weighted by atomic mass is 35.5. The number of aliphatic hydroxyl groups excluding tert-OH is 2. The highest BCUT2D eigenvalue weighted by Gasteiger charge is 2.45. The monoisotopic (exact) mass is 613 g/mol. The van der Waals surface area contributed by atoms with Crippen LogP contribution in [0.2, 0.25) is 5.28 Å². The van der Waals surface area contributed by atoms with Crippen molar-refractivity contribution >= 4 is 60.2 Å². The molecule has 4 aromatic rings. The van der Waals surface area contributed by atoms with Crippen LogP contribution in [0, 0.1) is 13.8 Å². The Bertz CT molecular complexity index is 1700. The van der Waals surface area contributed by atoms with E-state index in [9.17, 15) is 24.2 Å². The SMILES string of the molecule is Cc1ccc(C)c2cc(Nc3nc(Cl)nc4c3ncn4[C@@H]3O[C@H](COP(=O)(O)CP(=O)(O)O)[C@H](O)[C@@H]3O)ccc12. The summed E-state index contributed by atoms with van der Waals surface area (Å²) in [4.78, 5) is 40.4. The minimum Gasteiger partial charge on any atom is -0.387 e. The lowest BCUT2D eigenvalue weighted by Crippen LogP contribution is -2.33. The summed E-state index contributed by atoms with van der Waals surface area (Å²) in [6.45, 7) is 3.33. The maximum Gasteiger partial charge on any atom is 0.340 e. The predicted molar refractivity (Wildman–Crippen MR) is 146 cm³/mol. The third kappa shape index (κ3) is 5.93. The molecule has 0 saturated carbocycles. The van der Waals surface area contributed by atoms with E-state index in [-0.39, 0.29) is 22.3 Å². The summed E-state index contributed by atoms with van der Waals surface area (Å²) in [5, 5.41) is 26.4. The highest BCUT2D eigenvalue weighted by molar-refractivity contribution is 7.70. The lowest BCUT2D eigenvalue weighted by atomic mass is 10.0. The van der Waals surface area contributed by atoms with Crippen LogP contribution in [0.15, 0.2) is 36.7 Å². The first-order valence-corrected chi connectivity index (χ1v) is 15.9. The molecule has 40 heavy (non-hydrogen) atoms. The number of aromatic nitrogens is 4. The summed E-state index contributed by atoms with van der Waals surface area (Å²) in [7, 11) is -9.54. The Morgan fingerprint density at radius 2 is 1.75 bits per heavy atom. The first-order chi connectivity index (χ1) is 18.7. The zero-order valence-corrected chi connectivity index (χ0v) is 23.7. The molecule has 0 aliphatic carbocycles. The molecule has 214 valence electrons. The molecule has 0 amide bonds. The number of aliphatic hydroxyl groups is 2. The van der Waals surface area contributed by atoms with E-state index in [0.717, 1.165) is 27.6 Å². The first-order valence-electron chi connectivity index (χ1n) is 11.9. The Morgan fingerprint density at radius 1 is 1.05 bits per heavy atom. The molecule has 0 bridgehead atoms. The molecule has 14 nitrogen and oxygen atoms in total. The molecule has 2 aromatic heterocycles. The van der Waals surface area contributed by atoms with Crippen molar-refractivity contribution in [3.8, 4) is 0 Å². The number of benzene rings is 2. The molecule has 1 aliphatic heterocycles. The second kappa shape index (κ2) is 10.7. The highest BCUT2D eigenvalue weighted by Crippen LogP contribution is 2.55. The molecule has 1 fully saturated rings. The number of aryl methyl sites for hydroxylation is 2. The molecule has 17 heteroatoms. The Kier molecular flexibility index (Phi) is 7.79. The molecule has 5 rings (SSSR count). The van der Waals surface area contributed by atoms with Crippen molar-refractivity contribution in [1.29, 1.82) is 0 Å². The number of halogens is 1. The predicted octanol–water partition coefficient (Wildman–Crippen LogP) is 2.95. The average Bonchev–Trinajstić information content (AvgIpc) is 3.39. The maximum atomic E-state index is 12.0. The Balaban J connectivity index is 1.41. The van der Waals surface area contributed by atoms with E-state index < -0.39 is 52.2 Å². The minimum absolute atomic E-state index is 0.129. The normalized spacial score (nSPS) is 23.1. The van der Waals surface area contributed by atoms with Crippen LogP contribution in [-0.4, -0.2) is 75.2 Å². The van der Waals surface area contributed by atoms with Gasteiger partial charge in [-0.3, -0.25) is 13.7 Å². The van der Waals surface area contributed by atoms with E-state index in [4.69, 9.17) is 30.6 Å². The number of hydrogen-bond donors (Lipinski definition) is 6. The van der Waals surface area contributed by atoms with Gasteiger partial charge >= 0.3 is 15.2 Å². The van der Waals surface area contributed by atoms with Gasteiger partial charge in [-0.25, -0.2) is 4.98 Å². The fraction of sp³-hybridized carbons (Fsp3) is 0.348. The van der Waals surface area contributed by atoms with Gasteiger partial charge in [0, 0.05) is 5.69 Å². The summed E-state index contributed by atoms with van der Waals surface area (Å²) in [6.07, 6.45) is -4.37. The molecule has 1 saturated heterocycles. The van der Waals surface area contributed by atoms with Crippen LogP contribution in [0.5, 0.6) is 0 Å². The van der Waals surface area contributed by atoms with E-state index in [1.165, 1.54) is 10.9 Å². The van der Waals surface area contributed by atoms with Crippen molar-refractivity contribution < 1.29 is 43.3 Å². The van der Waals surface area contributed by atoms with Gasteiger partial charge in [0.25, 0.3) is 0 Å². The van der Waals surface area contributed by atoms with Gasteiger partial charge in [0.15, 0.2) is 29.1 Å². The van der Waals surface area contributed by atoms with Gasteiger partial charge < -0.3 is 39.5 Å². The summed E-state index contributed by atoms with van der Waals surface area (Å²) < 4.78 is 34.8. The lowest BCUT2D eigenvalue weighted by Gasteiger charge is -2.18. The zero-order valence-electron chi connectivity index (χ0n) is 21.1. The van der Waals surface area contributed by atoms with Crippen LogP contribution in [0.3, 0.4) is 0 Å². The summed E-state index contributed by atoms with van der Waals surface area (Å²) in [5.41, 5.74) is 3.42. The number of nitrogens with zero attached hydrogens (tertiary/aromatic N) is 4. The van der Waals surface area contributed by atoms with Crippen LogP contribution < -0.4 is 5.32 Å². The van der Waals surface area contributed by atoms with Crippen molar-refractivity contribution in [3.63, 3.8) is 0 Å². The van der Waals surface area contributed by atoms with Gasteiger partial charge in [-0.15, -0.1) is 0 Å². The molecule has 2 aromatic carbocycles. The Labute approximate surface area is 232 Å². The number of fused-ring (bicyclic) bond motifs is 2. The van der Waals surface area contributed by atoms with Crippen molar-refractivity contribution in [2.24, 2.45) is 0 Å². The van der Waals surface area contributed by atoms with E-state index >= 15 is 0 Å². The van der Waals surface area contributed by atoms with Crippen LogP contribution in [0.1, 0.15) is 17.4 Å². The summed E-state index contributed by atoms with van der Waals surface area (Å²) in [5.74, 6) is -1.12. The largest absolute Gasteiger partial charge is 0.387 e. The third-order valence-corrected chi connectivity index (χ3v) is 10.1. The number of nitrogens with one attached hydrogen (secondary N) is 1. The van der Waals surface area contributed by atoms with E-state index in [2.05, 4.69) is 26.3 Å². The van der Waals surface area contributed by atoms with Gasteiger partial charge in [0.2, 0.25) is 5.28 Å². The van der Waals surface area contributed by atoms with Crippen molar-refractivity contribution in [1.82, 2.24) is 19.5 Å². The van der Waals surface area contributed by atoms with E-state index in [1.807, 2.05) is 38.1 Å². The smallest absolute Gasteiger partial charge is 0.340 e. The number of anilines is 2. The first kappa shape index (κ1) is 29.0. The minimum atomic E-state index is -4.84. The molecular formula is C23H26ClN5O9P2. The summed E-state index contributed by atoms with van der Waals surface area (Å²) in [6, 6.07) is 9.97. The molecule has 3 heterocycles. The lowest BCUT2D eigenvalue weighted by molar-refractivity contribution is -0.0483. The standard InChI is InChI=1S/C23H26ClN5O9P2/c1-11-3-4-12(2)15-7-13(5-6-14(11)15)26-20-17-21(28-23(24)27-20)29(9-25-17)22-19(31)18(30)16(38-22)8-37-40(35,36)10-39(32,33)34/h3-7,9,16,18-19,22,30-31H,8,10H2,1-2H3,(H,35,36)(H,26,27,28)(H2,32,33,34)/t16-,18+,19+,22-/m1/s1. The fourth-order valence-electron chi connectivity index (χ4n) is 4.58. The van der Waals surface area contributed by atoms with Crippen molar-refractivity contribution in [2.75, 3.05) is 17.8 Å². The zero-order chi connectivity index (χ0) is 29.0. The summed E-state index contributed by atoms with van der Waals surface area (Å²) >= 11 is 6.21. The van der Waals surface area contributed by atoms with Crippen LogP contribution in [0.4, 0.5) is 11.5 Å². The van der Waals surface area contributed by atoms with Gasteiger partial charge in [0.05, 0.1) is 12.9 Å². The molecule has 0 spiro atoms. The van der Waals surface area contributed by atoms with Crippen molar-refractivity contribution in [3.05, 3.63) is 53.1 Å². The third-order valence-electron chi connectivity index (χ3n) is 6.52. The molecule has 6 N–H and O–H groups in total. The molecule has 0 radical (unpaired) electrons. The van der Waals surface area contributed by atoms with E-state index in [1.54, 1.807) is 0 Å². The van der Waals surface area contributed by atoms with Gasteiger partial charge in [-0.1, -0.05) is 18.2 Å². The molecule has 1 unspecified atom stereocenters. The van der Waals surface area contributed by atoms with Gasteiger partial charge in [-0.2, -0.15) is 9.97 Å². The maximum absolute atomic E-state index is 12.0. The molecule has 5 atom stereocenters. The van der Waals surface area contributed by atoms with Crippen LogP contribution in [0.25, 0.3) is 21.9 Å². The number of rotatable bonds is 8. The molecular weight excluding hydrogens is 588 g/mol. The second-order valence-corrected chi connectivity index (χ2v) is 13.9. The van der Waals surface area contributed by atoms with E-state index in [0.29, 0.717) is 0 Å². The van der Waals surface area contributed by atoms with Crippen LogP contribution >= 0.6 is 26.8 Å². The Morgan fingerprint density at radius 3 is 2.45 bits per heavy atom. The second-order valence-electron chi connectivity index (χ2n) is 9.54. The molecule has 1 aliphatic rings. The Hall–Kier alpha value is -2.48. The fourth-order valence-corrected chi connectivity index (χ4v) is 7.32. The van der Waals surface area contributed by atoms with Gasteiger partial charge in [-0.05, 0) is 59.5 Å². The number of ether oxygens (including phenoxy) is 1. The van der Waals surface area contributed by atoms with Crippen LogP contribution in [-0.2, 0) is 18.4 Å². The quantitative estimate of drug-likeness (QED) is 0.125. The number of imidazole rings is 1.